The smallest absolute Gasteiger partial charge is 0.149 e. The minimum atomic E-state index is -0.515. The average Bonchev–Trinajstić information content (AvgIpc) is 2.37. The number of halogens is 2. The Morgan fingerprint density at radius 1 is 1.30 bits per heavy atom. The zero-order valence-corrected chi connectivity index (χ0v) is 13.4. The van der Waals surface area contributed by atoms with Crippen LogP contribution in [0.5, 0.6) is 0 Å². The lowest BCUT2D eigenvalue weighted by Crippen LogP contribution is -2.32. The van der Waals surface area contributed by atoms with Gasteiger partial charge in [0.05, 0.1) is 0 Å². The number of anilines is 1. The fraction of sp³-hybridized carbons (Fsp3) is 0.600. The van der Waals surface area contributed by atoms with Crippen molar-refractivity contribution in [1.82, 2.24) is 0 Å². The number of rotatable bonds is 7. The van der Waals surface area contributed by atoms with Crippen LogP contribution in [0.4, 0.5) is 14.5 Å². The predicted molar refractivity (Wildman–Crippen MR) is 84.6 cm³/mol. The summed E-state index contributed by atoms with van der Waals surface area (Å²) in [7, 11) is 1.72. The molecule has 2 atom stereocenters. The number of benzene rings is 1. The molecule has 0 fully saturated rings. The van der Waals surface area contributed by atoms with Gasteiger partial charge in [0.15, 0.2) is 0 Å². The van der Waals surface area contributed by atoms with Gasteiger partial charge < -0.3 is 10.6 Å². The second kappa shape index (κ2) is 7.84. The van der Waals surface area contributed by atoms with Gasteiger partial charge >= 0.3 is 0 Å². The number of hydrogen-bond acceptors (Lipinski definition) is 3. The van der Waals surface area contributed by atoms with E-state index in [2.05, 4.69) is 0 Å². The molecule has 0 aromatic heterocycles. The lowest BCUT2D eigenvalue weighted by molar-refractivity contribution is 0.560. The molecule has 5 heteroatoms. The van der Waals surface area contributed by atoms with E-state index in [0.29, 0.717) is 12.0 Å². The zero-order valence-electron chi connectivity index (χ0n) is 12.6. The molecule has 0 spiro atoms. The van der Waals surface area contributed by atoms with E-state index in [1.807, 2.05) is 20.1 Å². The molecular weight excluding hydrogens is 278 g/mol. The fourth-order valence-electron chi connectivity index (χ4n) is 2.09. The highest BCUT2D eigenvalue weighted by atomic mass is 32.2. The van der Waals surface area contributed by atoms with Crippen molar-refractivity contribution >= 4 is 17.4 Å². The Hall–Kier alpha value is -0.810. The summed E-state index contributed by atoms with van der Waals surface area (Å²) in [5.74, 6) is -0.213. The number of hydrogen-bond donors (Lipinski definition) is 1. The third-order valence-corrected chi connectivity index (χ3v) is 4.34. The third-order valence-electron chi connectivity index (χ3n) is 3.52. The van der Waals surface area contributed by atoms with Crippen molar-refractivity contribution in [3.05, 3.63) is 29.3 Å². The molecule has 2 nitrogen and oxygen atoms in total. The maximum absolute atomic E-state index is 14.2. The topological polar surface area (TPSA) is 29.3 Å². The molecule has 0 bridgehead atoms. The minimum Gasteiger partial charge on any atom is -0.366 e. The molecule has 1 aromatic carbocycles. The SMILES string of the molecule is CCC(N)Cc1cc(F)c(N(C)C(C)CSC)c(F)c1. The second-order valence-corrected chi connectivity index (χ2v) is 6.11. The van der Waals surface area contributed by atoms with Gasteiger partial charge in [-0.25, -0.2) is 8.78 Å². The van der Waals surface area contributed by atoms with E-state index in [9.17, 15) is 8.78 Å². The molecule has 2 N–H and O–H groups in total. The van der Waals surface area contributed by atoms with Gasteiger partial charge in [0.2, 0.25) is 0 Å². The predicted octanol–water partition coefficient (Wildman–Crippen LogP) is 3.43. The molecule has 0 radical (unpaired) electrons. The molecule has 0 heterocycles. The Kier molecular flexibility index (Phi) is 6.76. The molecule has 20 heavy (non-hydrogen) atoms. The van der Waals surface area contributed by atoms with Gasteiger partial charge in [0, 0.05) is 24.9 Å². The molecule has 1 rings (SSSR count). The highest BCUT2D eigenvalue weighted by Crippen LogP contribution is 2.26. The maximum Gasteiger partial charge on any atom is 0.149 e. The summed E-state index contributed by atoms with van der Waals surface area (Å²) in [6.07, 6.45) is 3.26. The summed E-state index contributed by atoms with van der Waals surface area (Å²) in [5, 5.41) is 0. The Balaban J connectivity index is 2.99. The van der Waals surface area contributed by atoms with Crippen molar-refractivity contribution in [3.8, 4) is 0 Å². The van der Waals surface area contributed by atoms with E-state index < -0.39 is 11.6 Å². The fourth-order valence-corrected chi connectivity index (χ4v) is 2.80. The van der Waals surface area contributed by atoms with Gasteiger partial charge in [-0.2, -0.15) is 11.8 Å². The van der Waals surface area contributed by atoms with Gasteiger partial charge in [-0.3, -0.25) is 0 Å². The van der Waals surface area contributed by atoms with Gasteiger partial charge in [0.1, 0.15) is 17.3 Å². The van der Waals surface area contributed by atoms with E-state index in [0.717, 1.165) is 12.2 Å². The van der Waals surface area contributed by atoms with Gasteiger partial charge in [-0.05, 0) is 43.7 Å². The molecule has 2 unspecified atom stereocenters. The van der Waals surface area contributed by atoms with Crippen LogP contribution >= 0.6 is 11.8 Å². The van der Waals surface area contributed by atoms with Crippen molar-refractivity contribution in [3.63, 3.8) is 0 Å². The summed E-state index contributed by atoms with van der Waals surface area (Å²) in [5.41, 5.74) is 6.49. The van der Waals surface area contributed by atoms with Crippen LogP contribution in [0.2, 0.25) is 0 Å². The van der Waals surface area contributed by atoms with E-state index in [1.54, 1.807) is 23.7 Å². The van der Waals surface area contributed by atoms with Crippen LogP contribution in [0.25, 0.3) is 0 Å². The quantitative estimate of drug-likeness (QED) is 0.836. The third kappa shape index (κ3) is 4.35. The molecule has 0 amide bonds. The molecule has 0 saturated heterocycles. The van der Waals surface area contributed by atoms with Crippen LogP contribution in [0.1, 0.15) is 25.8 Å². The Bertz CT molecular complexity index is 417. The van der Waals surface area contributed by atoms with Crippen molar-refractivity contribution in [2.24, 2.45) is 5.73 Å². The van der Waals surface area contributed by atoms with Gasteiger partial charge in [0.25, 0.3) is 0 Å². The lowest BCUT2D eigenvalue weighted by atomic mass is 10.0. The molecule has 1 aromatic rings. The Morgan fingerprint density at radius 3 is 2.30 bits per heavy atom. The lowest BCUT2D eigenvalue weighted by Gasteiger charge is -2.27. The number of nitrogens with zero attached hydrogens (tertiary/aromatic N) is 1. The van der Waals surface area contributed by atoms with E-state index in [4.69, 9.17) is 5.73 Å². The second-order valence-electron chi connectivity index (χ2n) is 5.20. The van der Waals surface area contributed by atoms with Crippen LogP contribution in [-0.4, -0.2) is 31.1 Å². The van der Waals surface area contributed by atoms with Crippen LogP contribution in [-0.2, 0) is 6.42 Å². The molecule has 0 aliphatic rings. The number of nitrogens with two attached hydrogens (primary N) is 1. The summed E-state index contributed by atoms with van der Waals surface area (Å²) in [4.78, 5) is 1.66. The monoisotopic (exact) mass is 302 g/mol. The molecule has 0 saturated carbocycles. The van der Waals surface area contributed by atoms with Crippen LogP contribution in [0.3, 0.4) is 0 Å². The summed E-state index contributed by atoms with van der Waals surface area (Å²) in [6.45, 7) is 3.92. The first-order chi connectivity index (χ1) is 9.40. The summed E-state index contributed by atoms with van der Waals surface area (Å²) < 4.78 is 28.4. The van der Waals surface area contributed by atoms with Gasteiger partial charge in [-0.1, -0.05) is 6.92 Å². The summed E-state index contributed by atoms with van der Waals surface area (Å²) in [6, 6.07) is 2.80. The first kappa shape index (κ1) is 17.2. The molecule has 114 valence electrons. The molecule has 0 aliphatic carbocycles. The Morgan fingerprint density at radius 2 is 1.85 bits per heavy atom. The van der Waals surface area contributed by atoms with Gasteiger partial charge in [-0.15, -0.1) is 0 Å². The van der Waals surface area contributed by atoms with Crippen LogP contribution in [0.15, 0.2) is 12.1 Å². The maximum atomic E-state index is 14.2. The van der Waals surface area contributed by atoms with E-state index >= 15 is 0 Å². The first-order valence-electron chi connectivity index (χ1n) is 6.85. The summed E-state index contributed by atoms with van der Waals surface area (Å²) >= 11 is 1.66. The van der Waals surface area contributed by atoms with Crippen LogP contribution in [0, 0.1) is 11.6 Å². The van der Waals surface area contributed by atoms with Crippen molar-refractivity contribution in [2.45, 2.75) is 38.8 Å². The van der Waals surface area contributed by atoms with Crippen molar-refractivity contribution < 1.29 is 8.78 Å². The Labute approximate surface area is 124 Å². The van der Waals surface area contributed by atoms with Crippen LogP contribution < -0.4 is 10.6 Å². The largest absolute Gasteiger partial charge is 0.366 e. The molecular formula is C15H24F2N2S. The molecule has 0 aliphatic heterocycles. The zero-order chi connectivity index (χ0) is 15.3. The van der Waals surface area contributed by atoms with E-state index in [1.165, 1.54) is 12.1 Å². The van der Waals surface area contributed by atoms with Crippen molar-refractivity contribution in [2.75, 3.05) is 24.0 Å². The van der Waals surface area contributed by atoms with E-state index in [-0.39, 0.29) is 17.8 Å². The highest BCUT2D eigenvalue weighted by Gasteiger charge is 2.19. The highest BCUT2D eigenvalue weighted by molar-refractivity contribution is 7.98. The van der Waals surface area contributed by atoms with Crippen molar-refractivity contribution in [1.29, 1.82) is 0 Å². The normalized spacial score (nSPS) is 14.2. The minimum absolute atomic E-state index is 0.0420. The average molecular weight is 302 g/mol. The first-order valence-corrected chi connectivity index (χ1v) is 8.25. The number of thioether (sulfide) groups is 1. The standard InChI is InChI=1S/C15H24F2N2S/c1-5-12(18)6-11-7-13(16)15(14(17)8-11)19(3)10(2)9-20-4/h7-8,10,12H,5-6,9,18H2,1-4H3.